The van der Waals surface area contributed by atoms with E-state index in [1.165, 1.54) is 0 Å². The summed E-state index contributed by atoms with van der Waals surface area (Å²) < 4.78 is 29.4. The molecule has 0 heterocycles. The van der Waals surface area contributed by atoms with Crippen LogP contribution in [0, 0.1) is 0 Å². The van der Waals surface area contributed by atoms with E-state index >= 15 is 0 Å². The van der Waals surface area contributed by atoms with Gasteiger partial charge in [0.05, 0.1) is 0 Å². The summed E-state index contributed by atoms with van der Waals surface area (Å²) in [6.45, 7) is 12.3. The van der Waals surface area contributed by atoms with E-state index in [9.17, 15) is 0 Å². The number of hydrogen-bond acceptors (Lipinski definition) is 5. The van der Waals surface area contributed by atoms with Gasteiger partial charge in [-0.3, -0.25) is 0 Å². The third-order valence-electron chi connectivity index (χ3n) is 2.00. The largest absolute Gasteiger partial charge is 0.468 e. The summed E-state index contributed by atoms with van der Waals surface area (Å²) >= 11 is 0. The molecule has 17 heavy (non-hydrogen) atoms. The molecule has 0 unspecified atom stereocenters. The highest BCUT2D eigenvalue weighted by Crippen LogP contribution is 2.18. The highest BCUT2D eigenvalue weighted by Gasteiger charge is 2.45. The molecule has 0 aliphatic heterocycles. The van der Waals surface area contributed by atoms with Crippen molar-refractivity contribution < 1.29 is 20.6 Å². The first-order valence-electron chi connectivity index (χ1n) is 6.21. The smallest absolute Gasteiger partial charge is 0.423 e. The van der Waals surface area contributed by atoms with E-state index in [0.717, 1.165) is 0 Å². The van der Waals surface area contributed by atoms with Crippen molar-refractivity contribution in [1.29, 1.82) is 0 Å². The zero-order chi connectivity index (χ0) is 13.4. The van der Waals surface area contributed by atoms with Gasteiger partial charge in [-0.25, -0.2) is 0 Å². The average molecular weight is 347 g/mol. The second-order valence-corrected chi connectivity index (χ2v) is 14.8. The van der Waals surface area contributed by atoms with E-state index < -0.39 is 56.7 Å². The molecule has 0 aromatic rings. The predicted molar refractivity (Wildman–Crippen MR) is 86.3 cm³/mol. The van der Waals surface area contributed by atoms with Crippen LogP contribution in [0.3, 0.4) is 0 Å². The van der Waals surface area contributed by atoms with E-state index in [4.69, 9.17) is 20.6 Å². The van der Waals surface area contributed by atoms with Crippen LogP contribution >= 0.6 is 0 Å². The third kappa shape index (κ3) is 7.31. The van der Waals surface area contributed by atoms with E-state index in [1.54, 1.807) is 0 Å². The summed E-state index contributed by atoms with van der Waals surface area (Å²) in [4.78, 5) is 0. The quantitative estimate of drug-likeness (QED) is 0.462. The Labute approximate surface area is 116 Å². The Morgan fingerprint density at radius 2 is 0.824 bits per heavy atom. The molecule has 0 N–H and O–H groups in total. The van der Waals surface area contributed by atoms with E-state index in [0.29, 0.717) is 0 Å². The first-order valence-corrected chi connectivity index (χ1v) is 18.6. The van der Waals surface area contributed by atoms with E-state index in [1.807, 2.05) is 13.1 Å². The van der Waals surface area contributed by atoms with Crippen LogP contribution in [-0.4, -0.2) is 56.7 Å². The van der Waals surface area contributed by atoms with Gasteiger partial charge < -0.3 is 20.6 Å². The Balaban J connectivity index is 4.65. The molecule has 0 aromatic carbocycles. The van der Waals surface area contributed by atoms with Gasteiger partial charge in [0.15, 0.2) is 0 Å². The molecule has 0 atom stereocenters. The Hall–Kier alpha value is 1.10. The SMILES string of the molecule is C[SiH2]O[Si](C)(O[SiH2]C)O[Si](C)(O[SiH2]C)O[SiH2]C. The fraction of sp³-hybridized carbons (Fsp3) is 1.00. The van der Waals surface area contributed by atoms with Gasteiger partial charge in [-0.05, 0) is 0 Å². The van der Waals surface area contributed by atoms with Gasteiger partial charge in [-0.2, -0.15) is 0 Å². The first kappa shape index (κ1) is 18.1. The minimum absolute atomic E-state index is 0.540. The van der Waals surface area contributed by atoms with E-state index in [-0.39, 0.29) is 0 Å². The molecule has 0 amide bonds. The lowest BCUT2D eigenvalue weighted by atomic mass is 11.9. The number of hydrogen-bond donors (Lipinski definition) is 0. The maximum atomic E-state index is 6.12. The zero-order valence-electron chi connectivity index (χ0n) is 11.9. The summed E-state index contributed by atoms with van der Waals surface area (Å²) in [5.41, 5.74) is 0. The fourth-order valence-electron chi connectivity index (χ4n) is 1.59. The van der Waals surface area contributed by atoms with Gasteiger partial charge in [0.1, 0.15) is 39.1 Å². The van der Waals surface area contributed by atoms with Crippen molar-refractivity contribution in [3.05, 3.63) is 0 Å². The van der Waals surface area contributed by atoms with Crippen molar-refractivity contribution in [1.82, 2.24) is 0 Å². The molecule has 0 radical (unpaired) electrons. The van der Waals surface area contributed by atoms with Crippen molar-refractivity contribution in [2.24, 2.45) is 0 Å². The average Bonchev–Trinajstić information content (AvgIpc) is 2.17. The van der Waals surface area contributed by atoms with Crippen LogP contribution in [0.15, 0.2) is 0 Å². The molecule has 0 bridgehead atoms. The van der Waals surface area contributed by atoms with Crippen molar-refractivity contribution in [3.8, 4) is 0 Å². The maximum absolute atomic E-state index is 6.12. The Bertz CT molecular complexity index is 175. The highest BCUT2D eigenvalue weighted by atomic mass is 28.5. The number of rotatable bonds is 10. The first-order chi connectivity index (χ1) is 7.95. The normalized spacial score (nSPS) is 21.5. The molecule has 0 aliphatic rings. The Morgan fingerprint density at radius 1 is 0.588 bits per heavy atom. The molecule has 5 nitrogen and oxygen atoms in total. The van der Waals surface area contributed by atoms with Crippen LogP contribution < -0.4 is 0 Å². The molecule has 0 spiro atoms. The van der Waals surface area contributed by atoms with Crippen molar-refractivity contribution in [2.45, 2.75) is 39.3 Å². The van der Waals surface area contributed by atoms with Crippen molar-refractivity contribution in [3.63, 3.8) is 0 Å². The minimum Gasteiger partial charge on any atom is -0.423 e. The molecular formula is C6H26O5Si6. The summed E-state index contributed by atoms with van der Waals surface area (Å²) in [5, 5.41) is 0. The third-order valence-corrected chi connectivity index (χ3v) is 18.0. The predicted octanol–water partition coefficient (Wildman–Crippen LogP) is -1.27. The summed E-state index contributed by atoms with van der Waals surface area (Å²) in [6.07, 6.45) is 0. The molecule has 0 rings (SSSR count). The lowest BCUT2D eigenvalue weighted by molar-refractivity contribution is 0.203. The van der Waals surface area contributed by atoms with Crippen LogP contribution in [0.4, 0.5) is 0 Å². The summed E-state index contributed by atoms with van der Waals surface area (Å²) in [5.74, 6) is 0. The molecule has 0 fully saturated rings. The van der Waals surface area contributed by atoms with E-state index in [2.05, 4.69) is 26.2 Å². The van der Waals surface area contributed by atoms with Crippen LogP contribution in [0.2, 0.25) is 39.3 Å². The maximum Gasteiger partial charge on any atom is 0.468 e. The van der Waals surface area contributed by atoms with Gasteiger partial charge in [-0.15, -0.1) is 0 Å². The topological polar surface area (TPSA) is 46.2 Å². The Morgan fingerprint density at radius 3 is 1.00 bits per heavy atom. The van der Waals surface area contributed by atoms with Crippen LogP contribution in [0.1, 0.15) is 0 Å². The molecule has 0 aliphatic carbocycles. The zero-order valence-corrected chi connectivity index (χ0v) is 19.5. The molecule has 104 valence electrons. The van der Waals surface area contributed by atoms with Gasteiger partial charge in [0, 0.05) is 13.1 Å². The molecule has 0 saturated heterocycles. The van der Waals surface area contributed by atoms with Gasteiger partial charge in [0.2, 0.25) is 0 Å². The lowest BCUT2D eigenvalue weighted by Gasteiger charge is -2.35. The van der Waals surface area contributed by atoms with Gasteiger partial charge in [-0.1, -0.05) is 26.2 Å². The highest BCUT2D eigenvalue weighted by molar-refractivity contribution is 6.80. The fourth-order valence-corrected chi connectivity index (χ4v) is 17.9. The minimum atomic E-state index is -2.48. The monoisotopic (exact) mass is 346 g/mol. The van der Waals surface area contributed by atoms with Gasteiger partial charge in [0.25, 0.3) is 0 Å². The second kappa shape index (κ2) is 9.08. The molecular weight excluding hydrogens is 321 g/mol. The second-order valence-electron chi connectivity index (χ2n) is 3.56. The van der Waals surface area contributed by atoms with Crippen LogP contribution in [-0.2, 0) is 20.6 Å². The molecule has 0 aromatic heterocycles. The molecule has 11 heteroatoms. The van der Waals surface area contributed by atoms with Crippen molar-refractivity contribution in [2.75, 3.05) is 0 Å². The van der Waals surface area contributed by atoms with Gasteiger partial charge >= 0.3 is 17.6 Å². The standard InChI is InChI=1S/C6H26O5Si6/c1-12-7-16(5,8-13-2)11-17(6,9-14-3)10-15-4/h12-15H2,1-6H3. The summed E-state index contributed by atoms with van der Waals surface area (Å²) in [7, 11) is -7.12. The van der Waals surface area contributed by atoms with Crippen LogP contribution in [0.5, 0.6) is 0 Å². The molecule has 0 saturated carbocycles. The van der Waals surface area contributed by atoms with Crippen molar-refractivity contribution >= 4 is 56.7 Å². The summed E-state index contributed by atoms with van der Waals surface area (Å²) in [6, 6.07) is 0. The van der Waals surface area contributed by atoms with Crippen LogP contribution in [0.25, 0.3) is 0 Å². The Kier molecular flexibility index (Phi) is 9.66. The lowest BCUT2D eigenvalue weighted by Crippen LogP contribution is -2.56.